The highest BCUT2D eigenvalue weighted by Crippen LogP contribution is 2.06. The molecule has 68 valence electrons. The van der Waals surface area contributed by atoms with Crippen molar-refractivity contribution in [3.8, 4) is 11.8 Å². The normalized spacial score (nSPS) is 8.85. The summed E-state index contributed by atoms with van der Waals surface area (Å²) in [4.78, 5) is 6.18. The predicted octanol–water partition coefficient (Wildman–Crippen LogP) is 1.43. The quantitative estimate of drug-likeness (QED) is 0.535. The molecule has 0 saturated carbocycles. The van der Waals surface area contributed by atoms with Gasteiger partial charge in [0.05, 0.1) is 5.75 Å². The molecule has 1 aromatic heterocycles. The van der Waals surface area contributed by atoms with Crippen LogP contribution in [0, 0.1) is 11.8 Å². The fraction of sp³-hybridized carbons (Fsp3) is 0.300. The first kappa shape index (κ1) is 9.94. The minimum atomic E-state index is 0.579. The minimum absolute atomic E-state index is 0.579. The summed E-state index contributed by atoms with van der Waals surface area (Å²) >= 11 is 4.00. The zero-order valence-electron chi connectivity index (χ0n) is 7.78. The van der Waals surface area contributed by atoms with Crippen LogP contribution in [0.25, 0.3) is 0 Å². The molecule has 0 atom stereocenters. The van der Waals surface area contributed by atoms with Crippen LogP contribution in [0.2, 0.25) is 0 Å². The molecule has 0 saturated heterocycles. The maximum Gasteiger partial charge on any atom is 0.128 e. The van der Waals surface area contributed by atoms with Crippen LogP contribution in [-0.4, -0.2) is 24.8 Å². The number of nitrogens with zero attached hydrogens (tertiary/aromatic N) is 2. The van der Waals surface area contributed by atoms with Gasteiger partial charge in [0.2, 0.25) is 0 Å². The molecule has 0 aliphatic rings. The van der Waals surface area contributed by atoms with E-state index >= 15 is 0 Å². The standard InChI is InChI=1S/C10H12N2S/c1-12(2)10-6-5-9(8-11-10)4-3-7-13/h5-6,8,13H,7H2,1-2H3. The van der Waals surface area contributed by atoms with E-state index in [1.807, 2.05) is 31.1 Å². The molecule has 0 aliphatic carbocycles. The first-order chi connectivity index (χ1) is 6.24. The zero-order chi connectivity index (χ0) is 9.68. The summed E-state index contributed by atoms with van der Waals surface area (Å²) in [7, 11) is 3.92. The lowest BCUT2D eigenvalue weighted by molar-refractivity contribution is 1.07. The SMILES string of the molecule is CN(C)c1ccc(C#CCS)cn1. The molecule has 0 aromatic carbocycles. The Hall–Kier alpha value is -1.14. The number of pyridine rings is 1. The van der Waals surface area contributed by atoms with E-state index < -0.39 is 0 Å². The smallest absolute Gasteiger partial charge is 0.128 e. The summed E-state index contributed by atoms with van der Waals surface area (Å²) in [6.07, 6.45) is 1.77. The van der Waals surface area contributed by atoms with Gasteiger partial charge in [-0.05, 0) is 12.1 Å². The van der Waals surface area contributed by atoms with Gasteiger partial charge in [-0.2, -0.15) is 12.6 Å². The highest BCUT2D eigenvalue weighted by molar-refractivity contribution is 7.80. The largest absolute Gasteiger partial charge is 0.363 e. The first-order valence-electron chi connectivity index (χ1n) is 3.97. The van der Waals surface area contributed by atoms with E-state index in [1.165, 1.54) is 0 Å². The van der Waals surface area contributed by atoms with Crippen molar-refractivity contribution in [2.75, 3.05) is 24.7 Å². The van der Waals surface area contributed by atoms with Crippen LogP contribution in [0.5, 0.6) is 0 Å². The van der Waals surface area contributed by atoms with Crippen molar-refractivity contribution in [1.82, 2.24) is 4.98 Å². The van der Waals surface area contributed by atoms with Gasteiger partial charge in [0.15, 0.2) is 0 Å². The number of rotatable bonds is 1. The first-order valence-corrected chi connectivity index (χ1v) is 4.60. The van der Waals surface area contributed by atoms with Crippen LogP contribution >= 0.6 is 12.6 Å². The Morgan fingerprint density at radius 1 is 1.46 bits per heavy atom. The Kier molecular flexibility index (Phi) is 3.66. The highest BCUT2D eigenvalue weighted by atomic mass is 32.1. The minimum Gasteiger partial charge on any atom is -0.363 e. The molecule has 0 bridgehead atoms. The summed E-state index contributed by atoms with van der Waals surface area (Å²) in [6.45, 7) is 0. The molecule has 0 N–H and O–H groups in total. The molecule has 3 heteroatoms. The van der Waals surface area contributed by atoms with Crippen molar-refractivity contribution in [3.63, 3.8) is 0 Å². The molecule has 0 aliphatic heterocycles. The second kappa shape index (κ2) is 4.78. The lowest BCUT2D eigenvalue weighted by Gasteiger charge is -2.09. The number of anilines is 1. The third kappa shape index (κ3) is 3.00. The van der Waals surface area contributed by atoms with Gasteiger partial charge >= 0.3 is 0 Å². The third-order valence-corrected chi connectivity index (χ3v) is 1.68. The number of aromatic nitrogens is 1. The van der Waals surface area contributed by atoms with Gasteiger partial charge in [-0.1, -0.05) is 11.8 Å². The molecule has 0 amide bonds. The number of hydrogen-bond donors (Lipinski definition) is 1. The van der Waals surface area contributed by atoms with E-state index in [2.05, 4.69) is 29.5 Å². The molecule has 0 radical (unpaired) electrons. The molecular formula is C10H12N2S. The topological polar surface area (TPSA) is 16.1 Å². The Morgan fingerprint density at radius 2 is 2.23 bits per heavy atom. The molecular weight excluding hydrogens is 180 g/mol. The Labute approximate surface area is 84.4 Å². The summed E-state index contributed by atoms with van der Waals surface area (Å²) < 4.78 is 0. The van der Waals surface area contributed by atoms with E-state index in [1.54, 1.807) is 6.20 Å². The molecule has 1 aromatic rings. The molecule has 0 unspecified atom stereocenters. The fourth-order valence-corrected chi connectivity index (χ4v) is 0.945. The maximum absolute atomic E-state index is 4.23. The molecule has 2 nitrogen and oxygen atoms in total. The van der Waals surface area contributed by atoms with Gasteiger partial charge in [-0.3, -0.25) is 0 Å². The van der Waals surface area contributed by atoms with Gasteiger partial charge in [-0.15, -0.1) is 0 Å². The van der Waals surface area contributed by atoms with Crippen molar-refractivity contribution in [2.45, 2.75) is 0 Å². The Morgan fingerprint density at radius 3 is 2.69 bits per heavy atom. The van der Waals surface area contributed by atoms with Gasteiger partial charge in [0.25, 0.3) is 0 Å². The van der Waals surface area contributed by atoms with E-state index in [9.17, 15) is 0 Å². The summed E-state index contributed by atoms with van der Waals surface area (Å²) in [5.74, 6) is 7.35. The average molecular weight is 192 g/mol. The van der Waals surface area contributed by atoms with Crippen molar-refractivity contribution in [3.05, 3.63) is 23.9 Å². The molecule has 13 heavy (non-hydrogen) atoms. The Bertz CT molecular complexity index is 319. The van der Waals surface area contributed by atoms with Crippen LogP contribution in [0.3, 0.4) is 0 Å². The zero-order valence-corrected chi connectivity index (χ0v) is 8.68. The second-order valence-corrected chi connectivity index (χ2v) is 3.08. The lowest BCUT2D eigenvalue weighted by atomic mass is 10.3. The van der Waals surface area contributed by atoms with Crippen LogP contribution in [0.4, 0.5) is 5.82 Å². The average Bonchev–Trinajstić information content (AvgIpc) is 2.15. The van der Waals surface area contributed by atoms with E-state index in [4.69, 9.17) is 0 Å². The van der Waals surface area contributed by atoms with Crippen LogP contribution in [0.15, 0.2) is 18.3 Å². The van der Waals surface area contributed by atoms with E-state index in [-0.39, 0.29) is 0 Å². The summed E-state index contributed by atoms with van der Waals surface area (Å²) in [5, 5.41) is 0. The monoisotopic (exact) mass is 192 g/mol. The van der Waals surface area contributed by atoms with Crippen molar-refractivity contribution in [1.29, 1.82) is 0 Å². The number of thiol groups is 1. The van der Waals surface area contributed by atoms with E-state index in [0.29, 0.717) is 5.75 Å². The molecule has 1 heterocycles. The third-order valence-electron chi connectivity index (χ3n) is 1.52. The van der Waals surface area contributed by atoms with Crippen LogP contribution in [-0.2, 0) is 0 Å². The van der Waals surface area contributed by atoms with Crippen molar-refractivity contribution >= 4 is 18.4 Å². The second-order valence-electron chi connectivity index (χ2n) is 2.76. The fourth-order valence-electron chi connectivity index (χ4n) is 0.866. The highest BCUT2D eigenvalue weighted by Gasteiger charge is 1.94. The summed E-state index contributed by atoms with van der Waals surface area (Å²) in [5.41, 5.74) is 0.930. The lowest BCUT2D eigenvalue weighted by Crippen LogP contribution is -2.10. The van der Waals surface area contributed by atoms with Gasteiger partial charge in [0.1, 0.15) is 5.82 Å². The van der Waals surface area contributed by atoms with Crippen molar-refractivity contribution in [2.24, 2.45) is 0 Å². The molecule has 1 rings (SSSR count). The van der Waals surface area contributed by atoms with Gasteiger partial charge in [-0.25, -0.2) is 4.98 Å². The predicted molar refractivity (Wildman–Crippen MR) is 59.3 cm³/mol. The van der Waals surface area contributed by atoms with Crippen molar-refractivity contribution < 1.29 is 0 Å². The summed E-state index contributed by atoms with van der Waals surface area (Å²) in [6, 6.07) is 3.90. The maximum atomic E-state index is 4.23. The van der Waals surface area contributed by atoms with Crippen LogP contribution in [0.1, 0.15) is 5.56 Å². The van der Waals surface area contributed by atoms with Crippen LogP contribution < -0.4 is 4.90 Å². The van der Waals surface area contributed by atoms with Gasteiger partial charge < -0.3 is 4.90 Å². The molecule has 0 fully saturated rings. The molecule has 0 spiro atoms. The number of hydrogen-bond acceptors (Lipinski definition) is 3. The van der Waals surface area contributed by atoms with E-state index in [0.717, 1.165) is 11.4 Å². The Balaban J connectivity index is 2.81. The van der Waals surface area contributed by atoms with Gasteiger partial charge in [0, 0.05) is 25.9 Å².